The molecule has 2 rings (SSSR count). The first-order chi connectivity index (χ1) is 9.08. The number of aromatic nitrogens is 3. The molecule has 0 aliphatic rings. The van der Waals surface area contributed by atoms with E-state index in [4.69, 9.17) is 0 Å². The molecule has 2 aromatic heterocycles. The van der Waals surface area contributed by atoms with Gasteiger partial charge >= 0.3 is 0 Å². The van der Waals surface area contributed by atoms with E-state index in [0.717, 1.165) is 11.4 Å². The lowest BCUT2D eigenvalue weighted by Crippen LogP contribution is -2.23. The van der Waals surface area contributed by atoms with Gasteiger partial charge in [0.1, 0.15) is 0 Å². The zero-order valence-corrected chi connectivity index (χ0v) is 12.6. The average Bonchev–Trinajstić information content (AvgIpc) is 2.89. The van der Waals surface area contributed by atoms with Gasteiger partial charge in [0.25, 0.3) is 0 Å². The lowest BCUT2D eigenvalue weighted by atomic mass is 10.2. The van der Waals surface area contributed by atoms with Gasteiger partial charge in [-0.3, -0.25) is 9.97 Å². The zero-order chi connectivity index (χ0) is 13.8. The molecule has 0 spiro atoms. The van der Waals surface area contributed by atoms with Crippen LogP contribution in [-0.4, -0.2) is 15.0 Å². The number of rotatable bonds is 5. The molecule has 19 heavy (non-hydrogen) atoms. The van der Waals surface area contributed by atoms with Crippen LogP contribution >= 0.6 is 11.3 Å². The van der Waals surface area contributed by atoms with Crippen LogP contribution in [0.5, 0.6) is 0 Å². The first-order valence-corrected chi connectivity index (χ1v) is 7.43. The number of hydrogen-bond acceptors (Lipinski definition) is 5. The second kappa shape index (κ2) is 6.21. The number of nitrogens with one attached hydrogen (secondary N) is 1. The van der Waals surface area contributed by atoms with Crippen molar-refractivity contribution >= 4 is 11.3 Å². The predicted octanol–water partition coefficient (Wildman–Crippen LogP) is 3.47. The van der Waals surface area contributed by atoms with Gasteiger partial charge in [-0.05, 0) is 13.8 Å². The highest BCUT2D eigenvalue weighted by molar-refractivity contribution is 7.09. The highest BCUT2D eigenvalue weighted by Gasteiger charge is 2.15. The maximum absolute atomic E-state index is 4.68. The van der Waals surface area contributed by atoms with Crippen LogP contribution in [0.15, 0.2) is 24.0 Å². The van der Waals surface area contributed by atoms with Crippen molar-refractivity contribution in [1.82, 2.24) is 20.3 Å². The van der Waals surface area contributed by atoms with E-state index in [9.17, 15) is 0 Å². The summed E-state index contributed by atoms with van der Waals surface area (Å²) in [5.74, 6) is 0.489. The molecule has 0 aliphatic heterocycles. The third-order valence-electron chi connectivity index (χ3n) is 3.00. The Morgan fingerprint density at radius 2 is 1.79 bits per heavy atom. The van der Waals surface area contributed by atoms with Crippen LogP contribution in [0.4, 0.5) is 0 Å². The monoisotopic (exact) mass is 276 g/mol. The summed E-state index contributed by atoms with van der Waals surface area (Å²) >= 11 is 1.73. The van der Waals surface area contributed by atoms with E-state index >= 15 is 0 Å². The summed E-state index contributed by atoms with van der Waals surface area (Å²) in [6.07, 6.45) is 5.21. The Morgan fingerprint density at radius 3 is 2.37 bits per heavy atom. The van der Waals surface area contributed by atoms with E-state index in [2.05, 4.69) is 53.3 Å². The van der Waals surface area contributed by atoms with Gasteiger partial charge in [0.15, 0.2) is 0 Å². The summed E-state index contributed by atoms with van der Waals surface area (Å²) < 4.78 is 0. The summed E-state index contributed by atoms with van der Waals surface area (Å²) in [6, 6.07) is 0.369. The third kappa shape index (κ3) is 3.58. The van der Waals surface area contributed by atoms with Crippen molar-refractivity contribution in [1.29, 1.82) is 0 Å². The van der Waals surface area contributed by atoms with Crippen molar-refractivity contribution in [3.8, 4) is 0 Å². The van der Waals surface area contributed by atoms with Crippen molar-refractivity contribution in [3.05, 3.63) is 40.4 Å². The minimum absolute atomic E-state index is 0.160. The molecule has 0 fully saturated rings. The second-order valence-corrected chi connectivity index (χ2v) is 5.90. The quantitative estimate of drug-likeness (QED) is 0.908. The standard InChI is InChI=1S/C14H20N4S/c1-9(2)14-18-13(8-19-14)11(4)17-10(3)12-7-15-5-6-16-12/h5-11,17H,1-4H3/t10-,11-/m1/s1. The molecule has 2 atom stereocenters. The van der Waals surface area contributed by atoms with Crippen molar-refractivity contribution in [2.24, 2.45) is 0 Å². The molecule has 0 radical (unpaired) electrons. The van der Waals surface area contributed by atoms with Crippen LogP contribution in [0.25, 0.3) is 0 Å². The number of thiazole rings is 1. The molecular formula is C14H20N4S. The van der Waals surface area contributed by atoms with E-state index in [1.54, 1.807) is 29.9 Å². The summed E-state index contributed by atoms with van der Waals surface area (Å²) in [7, 11) is 0. The summed E-state index contributed by atoms with van der Waals surface area (Å²) in [4.78, 5) is 13.1. The fraction of sp³-hybridized carbons (Fsp3) is 0.500. The van der Waals surface area contributed by atoms with Crippen molar-refractivity contribution < 1.29 is 0 Å². The molecule has 102 valence electrons. The molecule has 0 aromatic carbocycles. The molecule has 1 N–H and O–H groups in total. The predicted molar refractivity (Wildman–Crippen MR) is 78.2 cm³/mol. The average molecular weight is 276 g/mol. The lowest BCUT2D eigenvalue weighted by Gasteiger charge is -2.17. The van der Waals surface area contributed by atoms with Gasteiger partial charge in [-0.1, -0.05) is 13.8 Å². The lowest BCUT2D eigenvalue weighted by molar-refractivity contribution is 0.478. The van der Waals surface area contributed by atoms with Gasteiger partial charge in [0.2, 0.25) is 0 Å². The van der Waals surface area contributed by atoms with Crippen LogP contribution < -0.4 is 5.32 Å². The summed E-state index contributed by atoms with van der Waals surface area (Å²) in [6.45, 7) is 8.56. The smallest absolute Gasteiger partial charge is 0.0954 e. The maximum atomic E-state index is 4.68. The third-order valence-corrected chi connectivity index (χ3v) is 4.17. The molecule has 0 saturated carbocycles. The Hall–Kier alpha value is -1.33. The molecule has 0 bridgehead atoms. The molecule has 2 heterocycles. The van der Waals surface area contributed by atoms with Crippen LogP contribution in [-0.2, 0) is 0 Å². The summed E-state index contributed by atoms with van der Waals surface area (Å²) in [5, 5.41) is 6.83. The van der Waals surface area contributed by atoms with Crippen LogP contribution in [0.1, 0.15) is 62.1 Å². The van der Waals surface area contributed by atoms with Gasteiger partial charge < -0.3 is 5.32 Å². The zero-order valence-electron chi connectivity index (χ0n) is 11.8. The Labute approximate surface area is 118 Å². The minimum Gasteiger partial charge on any atom is -0.301 e. The Balaban J connectivity index is 2.02. The fourth-order valence-corrected chi connectivity index (χ4v) is 2.77. The SMILES string of the molecule is CC(C)c1nc([C@@H](C)N[C@H](C)c2cnccn2)cs1. The second-order valence-electron chi connectivity index (χ2n) is 5.01. The number of hydrogen-bond donors (Lipinski definition) is 1. The van der Waals surface area contributed by atoms with Crippen molar-refractivity contribution in [3.63, 3.8) is 0 Å². The molecule has 5 heteroatoms. The molecule has 0 amide bonds. The Kier molecular flexibility index (Phi) is 4.61. The highest BCUT2D eigenvalue weighted by atomic mass is 32.1. The Morgan fingerprint density at radius 1 is 1.05 bits per heavy atom. The molecule has 0 saturated heterocycles. The first kappa shape index (κ1) is 14.1. The van der Waals surface area contributed by atoms with E-state index in [1.165, 1.54) is 5.01 Å². The Bertz CT molecular complexity index is 509. The van der Waals surface area contributed by atoms with E-state index in [1.807, 2.05) is 0 Å². The van der Waals surface area contributed by atoms with E-state index < -0.39 is 0 Å². The van der Waals surface area contributed by atoms with Crippen LogP contribution in [0, 0.1) is 0 Å². The van der Waals surface area contributed by atoms with E-state index in [-0.39, 0.29) is 12.1 Å². The molecule has 0 aliphatic carbocycles. The van der Waals surface area contributed by atoms with Gasteiger partial charge in [0.05, 0.1) is 16.4 Å². The van der Waals surface area contributed by atoms with Crippen molar-refractivity contribution in [2.45, 2.75) is 45.7 Å². The first-order valence-electron chi connectivity index (χ1n) is 6.55. The highest BCUT2D eigenvalue weighted by Crippen LogP contribution is 2.24. The topological polar surface area (TPSA) is 50.7 Å². The van der Waals surface area contributed by atoms with Gasteiger partial charge in [-0.25, -0.2) is 4.98 Å². The van der Waals surface area contributed by atoms with Crippen molar-refractivity contribution in [2.75, 3.05) is 0 Å². The molecular weight excluding hydrogens is 256 g/mol. The maximum Gasteiger partial charge on any atom is 0.0954 e. The largest absolute Gasteiger partial charge is 0.301 e. The normalized spacial score (nSPS) is 14.6. The fourth-order valence-electron chi connectivity index (χ4n) is 1.84. The van der Waals surface area contributed by atoms with Gasteiger partial charge in [-0.15, -0.1) is 11.3 Å². The minimum atomic E-state index is 0.160. The molecule has 0 unspecified atom stereocenters. The van der Waals surface area contributed by atoms with Crippen LogP contribution in [0.3, 0.4) is 0 Å². The molecule has 2 aromatic rings. The summed E-state index contributed by atoms with van der Waals surface area (Å²) in [5.41, 5.74) is 2.05. The number of nitrogens with zero attached hydrogens (tertiary/aromatic N) is 3. The van der Waals surface area contributed by atoms with Crippen LogP contribution in [0.2, 0.25) is 0 Å². The van der Waals surface area contributed by atoms with E-state index in [0.29, 0.717) is 5.92 Å². The van der Waals surface area contributed by atoms with Gasteiger partial charge in [0, 0.05) is 42.0 Å². The molecule has 4 nitrogen and oxygen atoms in total. The van der Waals surface area contributed by atoms with Gasteiger partial charge in [-0.2, -0.15) is 0 Å².